The van der Waals surface area contributed by atoms with Crippen LogP contribution in [0.3, 0.4) is 0 Å². The third kappa shape index (κ3) is 29.1. The van der Waals surface area contributed by atoms with Crippen LogP contribution in [0.4, 0.5) is 34.1 Å². The second-order valence-corrected chi connectivity index (χ2v) is 47.4. The van der Waals surface area contributed by atoms with Crippen LogP contribution >= 0.6 is 0 Å². The largest absolute Gasteiger partial charge is 0.238 e. The number of rotatable bonds is 6. The van der Waals surface area contributed by atoms with Gasteiger partial charge in [0.05, 0.1) is 39.4 Å². The Hall–Kier alpha value is -11.7. The topological polar surface area (TPSA) is 26.2 Å². The second kappa shape index (κ2) is 43.5. The van der Waals surface area contributed by atoms with Crippen molar-refractivity contribution in [1.82, 2.24) is 0 Å². The van der Waals surface area contributed by atoms with Gasteiger partial charge < -0.3 is 0 Å². The summed E-state index contributed by atoms with van der Waals surface area (Å²) < 4.78 is 0. The smallest absolute Gasteiger partial charge is 0.194 e. The summed E-state index contributed by atoms with van der Waals surface area (Å²) in [6.45, 7) is 125. The van der Waals surface area contributed by atoms with Crippen LogP contribution in [0.5, 0.6) is 0 Å². The van der Waals surface area contributed by atoms with Crippen LogP contribution in [0.15, 0.2) is 255 Å². The van der Waals surface area contributed by atoms with Crippen molar-refractivity contribution in [3.8, 4) is 66.8 Å². The van der Waals surface area contributed by atoms with Crippen molar-refractivity contribution < 1.29 is 21.1 Å². The van der Waals surface area contributed by atoms with E-state index in [9.17, 15) is 0 Å². The molecule has 0 aliphatic heterocycles. The van der Waals surface area contributed by atoms with Gasteiger partial charge in [-0.3, -0.25) is 0 Å². The zero-order valence-corrected chi connectivity index (χ0v) is 90.3. The molecule has 0 aliphatic carbocycles. The summed E-state index contributed by atoms with van der Waals surface area (Å²) in [6.07, 6.45) is 0. The monoisotopic (exact) mass is 1930 g/mol. The van der Waals surface area contributed by atoms with Crippen LogP contribution in [0.1, 0.15) is 316 Å². The van der Waals surface area contributed by atoms with Crippen LogP contribution in [0.25, 0.3) is 95.8 Å². The van der Waals surface area contributed by atoms with E-state index in [1.54, 1.807) is 0 Å². The Balaban J connectivity index is 0.000000245. The van der Waals surface area contributed by atoms with Crippen molar-refractivity contribution in [1.29, 1.82) is 0 Å². The summed E-state index contributed by atoms with van der Waals surface area (Å²) >= 11 is 0. The van der Waals surface area contributed by atoms with Gasteiger partial charge >= 0.3 is 0 Å². The van der Waals surface area contributed by atoms with Crippen LogP contribution in [0, 0.1) is 39.4 Å². The minimum absolute atomic E-state index is 0. The first kappa shape index (κ1) is 110. The van der Waals surface area contributed by atoms with E-state index in [-0.39, 0.29) is 86.0 Å². The third-order valence-electron chi connectivity index (χ3n) is 23.7. The van der Waals surface area contributed by atoms with Crippen molar-refractivity contribution in [2.45, 2.75) is 314 Å². The first-order chi connectivity index (χ1) is 60.9. The predicted octanol–water partition coefficient (Wildman–Crippen LogP) is 39.0. The van der Waals surface area contributed by atoms with Crippen molar-refractivity contribution >= 4 is 34.1 Å². The van der Waals surface area contributed by atoms with Gasteiger partial charge in [-0.05, 0) is 199 Å². The quantitative estimate of drug-likeness (QED) is 0.148. The first-order valence-electron chi connectivity index (χ1n) is 46.6. The Morgan fingerprint density at radius 3 is 0.263 bits per heavy atom. The predicted molar refractivity (Wildman–Crippen MR) is 573 cm³/mol. The molecule has 0 saturated heterocycles. The zero-order chi connectivity index (χ0) is 99.3. The number of nitrogens with zero attached hydrogens (tertiary/aromatic N) is 6. The fraction of sp³-hybridized carbons (Fsp3) is 0.381. The summed E-state index contributed by atoms with van der Waals surface area (Å²) in [7, 11) is 0. The van der Waals surface area contributed by atoms with Gasteiger partial charge in [-0.2, -0.15) is 0 Å². The summed E-state index contributed by atoms with van der Waals surface area (Å²) in [6, 6.07) is 88.8. The van der Waals surface area contributed by atoms with Crippen molar-refractivity contribution in [2.24, 2.45) is 0 Å². The molecule has 0 heterocycles. The number of benzene rings is 12. The number of hydrogen-bond acceptors (Lipinski definition) is 0. The Bertz CT molecular complexity index is 5020. The zero-order valence-electron chi connectivity index (χ0n) is 87.3. The van der Waals surface area contributed by atoms with Crippen LogP contribution < -0.4 is 0 Å². The van der Waals surface area contributed by atoms with Gasteiger partial charge in [0.15, 0.2) is 34.1 Å². The van der Waals surface area contributed by atoms with E-state index in [2.05, 4.69) is 497 Å². The maximum Gasteiger partial charge on any atom is 0.194 e. The molecular formula is C126H150N6W. The van der Waals surface area contributed by atoms with Crippen LogP contribution in [0.2, 0.25) is 0 Å². The molecule has 0 aliphatic rings. The van der Waals surface area contributed by atoms with E-state index in [4.69, 9.17) is 39.4 Å². The molecule has 12 aromatic rings. The summed E-state index contributed by atoms with van der Waals surface area (Å²) in [5, 5.41) is 0. The standard InChI is InChI=1S/6C21H25N.W/c6*1-20(2,3)17-13-16(15-11-9-8-10-12-15)14-18(19(17)22-7)21(4,5)6;/h6*8-14H,1-6H3;. The molecule has 0 aromatic heterocycles. The van der Waals surface area contributed by atoms with Crippen molar-refractivity contribution in [3.63, 3.8) is 0 Å². The Labute approximate surface area is 820 Å². The summed E-state index contributed by atoms with van der Waals surface area (Å²) in [5.74, 6) is 0. The van der Waals surface area contributed by atoms with Gasteiger partial charge in [-0.15, -0.1) is 0 Å². The molecule has 0 radical (unpaired) electrons. The average Bonchev–Trinajstić information content (AvgIpc) is 0.796. The molecule has 0 bridgehead atoms. The Kier molecular flexibility index (Phi) is 36.0. The number of hydrogen-bond donors (Lipinski definition) is 0. The molecule has 6 nitrogen and oxygen atoms in total. The second-order valence-electron chi connectivity index (χ2n) is 47.4. The Morgan fingerprint density at radius 2 is 0.203 bits per heavy atom. The fourth-order valence-electron chi connectivity index (χ4n) is 16.2. The van der Waals surface area contributed by atoms with Crippen LogP contribution in [-0.4, -0.2) is 0 Å². The minimum Gasteiger partial charge on any atom is -0.238 e. The molecule has 7 heteroatoms. The summed E-state index contributed by atoms with van der Waals surface area (Å²) in [5.41, 5.74) is 32.3. The van der Waals surface area contributed by atoms with Gasteiger partial charge in [0.25, 0.3) is 0 Å². The maximum atomic E-state index is 7.69. The van der Waals surface area contributed by atoms with Crippen LogP contribution in [-0.2, 0) is 86.0 Å². The van der Waals surface area contributed by atoms with E-state index >= 15 is 0 Å². The maximum absolute atomic E-state index is 7.69. The Morgan fingerprint density at radius 1 is 0.128 bits per heavy atom. The van der Waals surface area contributed by atoms with Gasteiger partial charge in [0.1, 0.15) is 0 Å². The molecule has 0 fully saturated rings. The van der Waals surface area contributed by atoms with Crippen molar-refractivity contribution in [2.75, 3.05) is 0 Å². The SMILES string of the molecule is [C-]#[N+]c1c(C(C)(C)C)cc(-c2ccccc2)cc1C(C)(C)C.[C-]#[N+]c1c(C(C)(C)C)cc(-c2ccccc2)cc1C(C)(C)C.[C-]#[N+]c1c(C(C)(C)C)cc(-c2ccccc2)cc1C(C)(C)C.[C-]#[N+]c1c(C(C)(C)C)cc(-c2ccccc2)cc1C(C)(C)C.[C-]#[N+]c1c(C(C)(C)C)cc(-c2ccccc2)cc1C(C)(C)C.[C-]#[N+]c1c(C(C)(C)C)cc(-c2ccccc2)cc1C(C)(C)C.[W]. The van der Waals surface area contributed by atoms with E-state index < -0.39 is 0 Å². The first-order valence-corrected chi connectivity index (χ1v) is 46.6. The molecule has 12 aromatic carbocycles. The molecule has 0 atom stereocenters. The molecule has 0 unspecified atom stereocenters. The molecular weight excluding hydrogens is 1780 g/mol. The van der Waals surface area contributed by atoms with Gasteiger partial charge in [0.2, 0.25) is 0 Å². The van der Waals surface area contributed by atoms with E-state index in [1.807, 2.05) is 36.4 Å². The molecule has 0 spiro atoms. The molecule has 690 valence electrons. The third-order valence-corrected chi connectivity index (χ3v) is 23.7. The van der Waals surface area contributed by atoms with E-state index in [1.165, 1.54) is 66.8 Å². The molecule has 0 saturated carbocycles. The minimum atomic E-state index is -0.0509. The van der Waals surface area contributed by atoms with Gasteiger partial charge in [-0.25, -0.2) is 29.1 Å². The van der Waals surface area contributed by atoms with Crippen molar-refractivity contribution in [3.05, 3.63) is 390 Å². The summed E-state index contributed by atoms with van der Waals surface area (Å²) in [4.78, 5) is 23.3. The van der Waals surface area contributed by atoms with E-state index in [0.29, 0.717) is 0 Å². The van der Waals surface area contributed by atoms with E-state index in [0.717, 1.165) is 101 Å². The fourth-order valence-corrected chi connectivity index (χ4v) is 16.2. The molecule has 0 amide bonds. The molecule has 0 N–H and O–H groups in total. The molecule has 133 heavy (non-hydrogen) atoms. The van der Waals surface area contributed by atoms with Gasteiger partial charge in [0, 0.05) is 21.1 Å². The normalized spacial score (nSPS) is 12.0. The average molecular weight is 1930 g/mol. The molecule has 12 rings (SSSR count). The van der Waals surface area contributed by atoms with Gasteiger partial charge in [-0.1, -0.05) is 504 Å².